The van der Waals surface area contributed by atoms with Crippen molar-refractivity contribution in [3.8, 4) is 0 Å². The van der Waals surface area contributed by atoms with E-state index < -0.39 is 25.1 Å². The van der Waals surface area contributed by atoms with Crippen LogP contribution < -0.4 is 0 Å². The summed E-state index contributed by atoms with van der Waals surface area (Å²) in [4.78, 5) is 5.19. The molecule has 2 rings (SSSR count). The van der Waals surface area contributed by atoms with Crippen LogP contribution in [0.1, 0.15) is 17.0 Å². The third-order valence-electron chi connectivity index (χ3n) is 3.54. The summed E-state index contributed by atoms with van der Waals surface area (Å²) >= 11 is 1.51. The molecule has 0 spiro atoms. The van der Waals surface area contributed by atoms with Crippen LogP contribution in [-0.2, 0) is 26.3 Å². The number of thiazole rings is 1. The number of aryl methyl sites for hydroxylation is 1. The zero-order valence-corrected chi connectivity index (χ0v) is 13.9. The standard InChI is InChI=1S/C11H18N2O4S3/c1-9-11(18-8-12-9)3-5-13(2)20(16,17)10-4-6-19(14,15)7-10/h8,10H,3-7H2,1-2H3. The Balaban J connectivity index is 2.01. The second-order valence-electron chi connectivity index (χ2n) is 5.00. The van der Waals surface area contributed by atoms with Crippen molar-refractivity contribution in [1.29, 1.82) is 0 Å². The van der Waals surface area contributed by atoms with Gasteiger partial charge in [-0.1, -0.05) is 0 Å². The van der Waals surface area contributed by atoms with E-state index in [1.807, 2.05) is 6.92 Å². The van der Waals surface area contributed by atoms with Crippen LogP contribution >= 0.6 is 11.3 Å². The van der Waals surface area contributed by atoms with Crippen LogP contribution in [0.2, 0.25) is 0 Å². The highest BCUT2D eigenvalue weighted by Crippen LogP contribution is 2.22. The Hall–Kier alpha value is -0.510. The van der Waals surface area contributed by atoms with Gasteiger partial charge in [-0.15, -0.1) is 11.3 Å². The molecule has 20 heavy (non-hydrogen) atoms. The molecule has 0 amide bonds. The molecule has 0 saturated carbocycles. The van der Waals surface area contributed by atoms with E-state index in [0.717, 1.165) is 10.6 Å². The molecule has 1 aliphatic rings. The first-order valence-electron chi connectivity index (χ1n) is 6.27. The van der Waals surface area contributed by atoms with Gasteiger partial charge in [-0.25, -0.2) is 26.1 Å². The molecule has 9 heteroatoms. The maximum Gasteiger partial charge on any atom is 0.217 e. The summed E-state index contributed by atoms with van der Waals surface area (Å²) in [6, 6.07) is 0. The van der Waals surface area contributed by atoms with E-state index in [9.17, 15) is 16.8 Å². The fourth-order valence-electron chi connectivity index (χ4n) is 2.20. The van der Waals surface area contributed by atoms with Crippen molar-refractivity contribution < 1.29 is 16.8 Å². The zero-order valence-electron chi connectivity index (χ0n) is 11.4. The lowest BCUT2D eigenvalue weighted by molar-refractivity contribution is 0.464. The van der Waals surface area contributed by atoms with Crippen molar-refractivity contribution in [2.75, 3.05) is 25.1 Å². The molecule has 0 aliphatic carbocycles. The summed E-state index contributed by atoms with van der Waals surface area (Å²) < 4.78 is 48.7. The average molecular weight is 338 g/mol. The van der Waals surface area contributed by atoms with Gasteiger partial charge in [0.15, 0.2) is 9.84 Å². The summed E-state index contributed by atoms with van der Waals surface area (Å²) in [5.74, 6) is -0.280. The Bertz CT molecular complexity index is 678. The van der Waals surface area contributed by atoms with Crippen LogP contribution in [0.3, 0.4) is 0 Å². The van der Waals surface area contributed by atoms with E-state index in [0.29, 0.717) is 13.0 Å². The molecular formula is C11H18N2O4S3. The molecule has 0 N–H and O–H groups in total. The number of sulfonamides is 1. The Labute approximate surface area is 123 Å². The zero-order chi connectivity index (χ0) is 15.0. The van der Waals surface area contributed by atoms with Gasteiger partial charge in [0.2, 0.25) is 10.0 Å². The number of hydrogen-bond donors (Lipinski definition) is 0. The van der Waals surface area contributed by atoms with Crippen molar-refractivity contribution in [3.63, 3.8) is 0 Å². The molecule has 0 aromatic carbocycles. The van der Waals surface area contributed by atoms with Crippen molar-refractivity contribution in [2.24, 2.45) is 0 Å². The normalized spacial score (nSPS) is 22.4. The summed E-state index contributed by atoms with van der Waals surface area (Å²) in [6.45, 7) is 2.24. The fraction of sp³-hybridized carbons (Fsp3) is 0.727. The molecule has 0 bridgehead atoms. The summed E-state index contributed by atoms with van der Waals surface area (Å²) in [6.07, 6.45) is 0.806. The number of rotatable bonds is 5. The van der Waals surface area contributed by atoms with Gasteiger partial charge in [0.05, 0.1) is 28.0 Å². The molecule has 6 nitrogen and oxygen atoms in total. The molecule has 1 aromatic heterocycles. The van der Waals surface area contributed by atoms with Crippen molar-refractivity contribution in [3.05, 3.63) is 16.1 Å². The van der Waals surface area contributed by atoms with Crippen LogP contribution in [0.5, 0.6) is 0 Å². The molecule has 1 saturated heterocycles. The molecule has 1 atom stereocenters. The highest BCUT2D eigenvalue weighted by atomic mass is 32.2. The molecule has 2 heterocycles. The lowest BCUT2D eigenvalue weighted by atomic mass is 10.3. The number of hydrogen-bond acceptors (Lipinski definition) is 6. The number of nitrogens with zero attached hydrogens (tertiary/aromatic N) is 2. The minimum atomic E-state index is -3.54. The van der Waals surface area contributed by atoms with Gasteiger partial charge < -0.3 is 0 Å². The number of sulfone groups is 1. The molecular weight excluding hydrogens is 320 g/mol. The predicted octanol–water partition coefficient (Wildman–Crippen LogP) is 0.443. The first-order chi connectivity index (χ1) is 9.22. The van der Waals surface area contributed by atoms with Gasteiger partial charge >= 0.3 is 0 Å². The van der Waals surface area contributed by atoms with E-state index in [-0.39, 0.29) is 17.9 Å². The smallest absolute Gasteiger partial charge is 0.217 e. The molecule has 1 fully saturated rings. The Morgan fingerprint density at radius 3 is 2.70 bits per heavy atom. The van der Waals surface area contributed by atoms with Crippen LogP contribution in [0.25, 0.3) is 0 Å². The topological polar surface area (TPSA) is 84.4 Å². The van der Waals surface area contributed by atoms with Crippen molar-refractivity contribution in [1.82, 2.24) is 9.29 Å². The SMILES string of the molecule is Cc1ncsc1CCN(C)S(=O)(=O)C1CCS(=O)(=O)C1. The molecule has 1 unspecified atom stereocenters. The minimum Gasteiger partial charge on any atom is -0.250 e. The van der Waals surface area contributed by atoms with E-state index in [1.54, 1.807) is 5.51 Å². The first kappa shape index (κ1) is 15.9. The molecule has 0 radical (unpaired) electrons. The Morgan fingerprint density at radius 2 is 2.20 bits per heavy atom. The quantitative estimate of drug-likeness (QED) is 0.778. The van der Waals surface area contributed by atoms with E-state index in [2.05, 4.69) is 4.98 Å². The van der Waals surface area contributed by atoms with Gasteiger partial charge in [-0.05, 0) is 19.8 Å². The minimum absolute atomic E-state index is 0.0291. The van der Waals surface area contributed by atoms with Crippen LogP contribution in [0.15, 0.2) is 5.51 Å². The number of likely N-dealkylation sites (N-methyl/N-ethyl adjacent to an activating group) is 1. The van der Waals surface area contributed by atoms with Crippen LogP contribution in [0, 0.1) is 6.92 Å². The second-order valence-corrected chi connectivity index (χ2v) is 10.5. The van der Waals surface area contributed by atoms with Crippen molar-refractivity contribution in [2.45, 2.75) is 25.0 Å². The third kappa shape index (κ3) is 3.38. The maximum atomic E-state index is 12.3. The Kier molecular flexibility index (Phi) is 4.53. The van der Waals surface area contributed by atoms with E-state index >= 15 is 0 Å². The highest BCUT2D eigenvalue weighted by molar-refractivity contribution is 7.95. The van der Waals surface area contributed by atoms with Crippen LogP contribution in [-0.4, -0.2) is 56.5 Å². The first-order valence-corrected chi connectivity index (χ1v) is 10.5. The van der Waals surface area contributed by atoms with Gasteiger partial charge in [-0.2, -0.15) is 0 Å². The highest BCUT2D eigenvalue weighted by Gasteiger charge is 2.39. The van der Waals surface area contributed by atoms with E-state index in [1.165, 1.54) is 22.7 Å². The average Bonchev–Trinajstić information content (AvgIpc) is 2.92. The van der Waals surface area contributed by atoms with Gasteiger partial charge in [0.25, 0.3) is 0 Å². The van der Waals surface area contributed by atoms with Crippen LogP contribution in [0.4, 0.5) is 0 Å². The van der Waals surface area contributed by atoms with Gasteiger partial charge in [0, 0.05) is 18.5 Å². The lowest BCUT2D eigenvalue weighted by Crippen LogP contribution is -2.37. The van der Waals surface area contributed by atoms with Gasteiger partial charge in [-0.3, -0.25) is 0 Å². The maximum absolute atomic E-state index is 12.3. The molecule has 114 valence electrons. The lowest BCUT2D eigenvalue weighted by Gasteiger charge is -2.20. The van der Waals surface area contributed by atoms with E-state index in [4.69, 9.17) is 0 Å². The monoisotopic (exact) mass is 338 g/mol. The summed E-state index contributed by atoms with van der Waals surface area (Å²) in [7, 11) is -5.22. The largest absolute Gasteiger partial charge is 0.250 e. The summed E-state index contributed by atoms with van der Waals surface area (Å²) in [5.41, 5.74) is 2.66. The van der Waals surface area contributed by atoms with Crippen molar-refractivity contribution >= 4 is 31.2 Å². The fourth-order valence-corrected chi connectivity index (χ4v) is 7.25. The number of aromatic nitrogens is 1. The second kappa shape index (κ2) is 5.70. The Morgan fingerprint density at radius 1 is 1.50 bits per heavy atom. The molecule has 1 aromatic rings. The third-order valence-corrected chi connectivity index (χ3v) is 8.82. The summed E-state index contributed by atoms with van der Waals surface area (Å²) in [5, 5.41) is -0.792. The predicted molar refractivity (Wildman–Crippen MR) is 79.2 cm³/mol. The molecule has 1 aliphatic heterocycles. The van der Waals surface area contributed by atoms with Gasteiger partial charge in [0.1, 0.15) is 0 Å².